The molecule has 0 fully saturated rings. The van der Waals surface area contributed by atoms with Crippen molar-refractivity contribution >= 4 is 28.5 Å². The number of hydrogen-bond donors (Lipinski definition) is 1. The van der Waals surface area contributed by atoms with Gasteiger partial charge in [0.05, 0.1) is 12.2 Å². The molecule has 0 radical (unpaired) electrons. The SMILES string of the molecule is c1ccc(N2CN=C(NCc3cccs3)c3ccccc32)cc1. The standard InChI is InChI=1S/C19H17N3S/c1-2-7-15(8-3-1)22-14-21-19(17-10-4-5-11-18(17)22)20-13-16-9-6-12-23-16/h1-12H,13-14H2,(H,20,21). The van der Waals surface area contributed by atoms with Crippen LogP contribution in [0.5, 0.6) is 0 Å². The molecule has 1 aromatic heterocycles. The first kappa shape index (κ1) is 14.0. The Hall–Kier alpha value is -2.59. The first-order valence-electron chi connectivity index (χ1n) is 7.64. The quantitative estimate of drug-likeness (QED) is 0.775. The maximum Gasteiger partial charge on any atom is 0.132 e. The van der Waals surface area contributed by atoms with Crippen LogP contribution in [0.1, 0.15) is 10.4 Å². The van der Waals surface area contributed by atoms with Crippen molar-refractivity contribution in [2.45, 2.75) is 6.54 Å². The van der Waals surface area contributed by atoms with E-state index >= 15 is 0 Å². The van der Waals surface area contributed by atoms with Crippen molar-refractivity contribution in [2.75, 3.05) is 11.6 Å². The Morgan fingerprint density at radius 3 is 2.61 bits per heavy atom. The van der Waals surface area contributed by atoms with E-state index < -0.39 is 0 Å². The van der Waals surface area contributed by atoms with Crippen molar-refractivity contribution in [3.8, 4) is 0 Å². The number of benzene rings is 2. The second-order valence-electron chi connectivity index (χ2n) is 5.36. The Bertz CT molecular complexity index is 810. The van der Waals surface area contributed by atoms with Crippen LogP contribution in [-0.2, 0) is 6.54 Å². The third kappa shape index (κ3) is 2.85. The van der Waals surface area contributed by atoms with E-state index in [9.17, 15) is 0 Å². The predicted molar refractivity (Wildman–Crippen MR) is 97.6 cm³/mol. The average molecular weight is 319 g/mol. The van der Waals surface area contributed by atoms with Crippen molar-refractivity contribution in [1.29, 1.82) is 0 Å². The lowest BCUT2D eigenvalue weighted by molar-refractivity contribution is 0.884. The van der Waals surface area contributed by atoms with Gasteiger partial charge < -0.3 is 10.2 Å². The lowest BCUT2D eigenvalue weighted by Crippen LogP contribution is -2.32. The van der Waals surface area contributed by atoms with Gasteiger partial charge in [-0.1, -0.05) is 36.4 Å². The molecule has 3 nitrogen and oxygen atoms in total. The number of amidine groups is 1. The molecule has 0 amide bonds. The zero-order chi connectivity index (χ0) is 15.5. The molecule has 0 aliphatic carbocycles. The molecule has 1 aliphatic rings. The highest BCUT2D eigenvalue weighted by Gasteiger charge is 2.20. The van der Waals surface area contributed by atoms with Gasteiger partial charge >= 0.3 is 0 Å². The molecule has 2 heterocycles. The van der Waals surface area contributed by atoms with Gasteiger partial charge in [0, 0.05) is 16.1 Å². The van der Waals surface area contributed by atoms with E-state index in [1.807, 2.05) is 6.07 Å². The van der Waals surface area contributed by atoms with Crippen LogP contribution < -0.4 is 10.2 Å². The van der Waals surface area contributed by atoms with Crippen LogP contribution >= 0.6 is 11.3 Å². The summed E-state index contributed by atoms with van der Waals surface area (Å²) in [6.45, 7) is 1.45. The maximum atomic E-state index is 4.76. The summed E-state index contributed by atoms with van der Waals surface area (Å²) < 4.78 is 0. The first-order chi connectivity index (χ1) is 11.4. The second-order valence-corrected chi connectivity index (χ2v) is 6.39. The summed E-state index contributed by atoms with van der Waals surface area (Å²) in [5, 5.41) is 5.59. The van der Waals surface area contributed by atoms with E-state index in [1.54, 1.807) is 11.3 Å². The van der Waals surface area contributed by atoms with Gasteiger partial charge in [0.15, 0.2) is 0 Å². The van der Waals surface area contributed by atoms with Crippen LogP contribution in [0.25, 0.3) is 0 Å². The molecule has 4 rings (SSSR count). The number of fused-ring (bicyclic) bond motifs is 1. The van der Waals surface area contributed by atoms with Crippen molar-refractivity contribution in [3.05, 3.63) is 82.6 Å². The molecule has 4 heteroatoms. The Morgan fingerprint density at radius 1 is 0.957 bits per heavy atom. The van der Waals surface area contributed by atoms with Gasteiger partial charge in [0.1, 0.15) is 12.5 Å². The summed E-state index contributed by atoms with van der Waals surface area (Å²) in [6.07, 6.45) is 0. The fraction of sp³-hybridized carbons (Fsp3) is 0.105. The predicted octanol–water partition coefficient (Wildman–Crippen LogP) is 4.39. The number of thiophene rings is 1. The maximum absolute atomic E-state index is 4.76. The number of rotatable bonds is 3. The van der Waals surface area contributed by atoms with E-state index in [0.29, 0.717) is 6.67 Å². The summed E-state index contributed by atoms with van der Waals surface area (Å²) in [7, 11) is 0. The van der Waals surface area contributed by atoms with Crippen LogP contribution in [0, 0.1) is 0 Å². The minimum Gasteiger partial charge on any atom is -0.365 e. The van der Waals surface area contributed by atoms with Gasteiger partial charge in [0.2, 0.25) is 0 Å². The smallest absolute Gasteiger partial charge is 0.132 e. The molecule has 0 spiro atoms. The Labute approximate surface area is 139 Å². The minimum absolute atomic E-state index is 0.633. The first-order valence-corrected chi connectivity index (χ1v) is 8.52. The van der Waals surface area contributed by atoms with Crippen molar-refractivity contribution < 1.29 is 0 Å². The Balaban J connectivity index is 1.63. The summed E-state index contributed by atoms with van der Waals surface area (Å²) in [5.41, 5.74) is 3.52. The highest BCUT2D eigenvalue weighted by Crippen LogP contribution is 2.31. The van der Waals surface area contributed by atoms with E-state index in [4.69, 9.17) is 4.99 Å². The number of hydrogen-bond acceptors (Lipinski definition) is 4. The molecule has 0 unspecified atom stereocenters. The number of anilines is 2. The number of aliphatic imine (C=N–C) groups is 1. The molecule has 1 aliphatic heterocycles. The largest absolute Gasteiger partial charge is 0.365 e. The molecular weight excluding hydrogens is 302 g/mol. The van der Waals surface area contributed by atoms with Crippen LogP contribution in [-0.4, -0.2) is 12.5 Å². The van der Waals surface area contributed by atoms with Crippen LogP contribution in [0.15, 0.2) is 77.1 Å². The fourth-order valence-electron chi connectivity index (χ4n) is 2.78. The molecule has 23 heavy (non-hydrogen) atoms. The summed E-state index contributed by atoms with van der Waals surface area (Å²) in [6, 6.07) is 23.1. The molecular formula is C19H17N3S. The molecule has 0 saturated carbocycles. The molecule has 114 valence electrons. The lowest BCUT2D eigenvalue weighted by Gasteiger charge is -2.30. The topological polar surface area (TPSA) is 27.6 Å². The Morgan fingerprint density at radius 2 is 1.78 bits per heavy atom. The number of nitrogens with one attached hydrogen (secondary N) is 1. The summed E-state index contributed by atoms with van der Waals surface area (Å²) in [4.78, 5) is 8.32. The fourth-order valence-corrected chi connectivity index (χ4v) is 3.42. The lowest BCUT2D eigenvalue weighted by atomic mass is 10.1. The average Bonchev–Trinajstić information content (AvgIpc) is 3.14. The normalized spacial score (nSPS) is 13.4. The van der Waals surface area contributed by atoms with Gasteiger partial charge in [-0.15, -0.1) is 11.3 Å². The second kappa shape index (κ2) is 6.26. The summed E-state index contributed by atoms with van der Waals surface area (Å²) >= 11 is 1.76. The minimum atomic E-state index is 0.633. The van der Waals surface area contributed by atoms with E-state index in [1.165, 1.54) is 16.3 Å². The third-order valence-electron chi connectivity index (χ3n) is 3.90. The molecule has 2 aromatic carbocycles. The van der Waals surface area contributed by atoms with E-state index in [0.717, 1.165) is 17.9 Å². The zero-order valence-electron chi connectivity index (χ0n) is 12.6. The highest BCUT2D eigenvalue weighted by molar-refractivity contribution is 7.09. The van der Waals surface area contributed by atoms with Gasteiger partial charge in [-0.05, 0) is 35.7 Å². The summed E-state index contributed by atoms with van der Waals surface area (Å²) in [5.74, 6) is 0.973. The van der Waals surface area contributed by atoms with Crippen LogP contribution in [0.4, 0.5) is 11.4 Å². The highest BCUT2D eigenvalue weighted by atomic mass is 32.1. The van der Waals surface area contributed by atoms with Gasteiger partial charge in [-0.25, -0.2) is 4.99 Å². The molecule has 0 atom stereocenters. The third-order valence-corrected chi connectivity index (χ3v) is 4.77. The van der Waals surface area contributed by atoms with E-state index in [2.05, 4.69) is 76.3 Å². The van der Waals surface area contributed by atoms with Gasteiger partial charge in [-0.2, -0.15) is 0 Å². The molecule has 1 N–H and O–H groups in total. The molecule has 3 aromatic rings. The van der Waals surface area contributed by atoms with Crippen molar-refractivity contribution in [1.82, 2.24) is 5.32 Å². The van der Waals surface area contributed by atoms with Gasteiger partial charge in [0.25, 0.3) is 0 Å². The van der Waals surface area contributed by atoms with Crippen molar-refractivity contribution in [2.24, 2.45) is 4.99 Å². The van der Waals surface area contributed by atoms with Crippen LogP contribution in [0.2, 0.25) is 0 Å². The van der Waals surface area contributed by atoms with Crippen LogP contribution in [0.3, 0.4) is 0 Å². The molecule has 0 saturated heterocycles. The Kier molecular flexibility index (Phi) is 3.82. The molecule has 0 bridgehead atoms. The van der Waals surface area contributed by atoms with Gasteiger partial charge in [-0.3, -0.25) is 0 Å². The van der Waals surface area contributed by atoms with Crippen molar-refractivity contribution in [3.63, 3.8) is 0 Å². The zero-order valence-corrected chi connectivity index (χ0v) is 13.5. The van der Waals surface area contributed by atoms with E-state index in [-0.39, 0.29) is 0 Å². The number of nitrogens with zero attached hydrogens (tertiary/aromatic N) is 2. The monoisotopic (exact) mass is 319 g/mol. The number of para-hydroxylation sites is 2.